The van der Waals surface area contributed by atoms with Gasteiger partial charge in [-0.05, 0) is 18.2 Å². The molecule has 0 aromatic heterocycles. The number of rotatable bonds is 4. The monoisotopic (exact) mass is 371 g/mol. The molecule has 0 aliphatic heterocycles. The van der Waals surface area contributed by atoms with Crippen LogP contribution >= 0.6 is 26.6 Å². The number of sulfone groups is 1. The molecular formula is C9H7BrClNO4S2. The highest BCUT2D eigenvalue weighted by Gasteiger charge is 2.21. The lowest BCUT2D eigenvalue weighted by molar-refractivity contribution is 0.592. The molecule has 1 rings (SSSR count). The Morgan fingerprint density at radius 2 is 1.83 bits per heavy atom. The molecule has 0 fully saturated rings. The maximum absolute atomic E-state index is 11.9. The maximum atomic E-state index is 11.9. The minimum absolute atomic E-state index is 0.0451. The van der Waals surface area contributed by atoms with Crippen LogP contribution in [0.1, 0.15) is 5.56 Å². The van der Waals surface area contributed by atoms with Crippen LogP contribution in [0.4, 0.5) is 0 Å². The Morgan fingerprint density at radius 1 is 1.22 bits per heavy atom. The molecule has 0 heterocycles. The number of hydrogen-bond acceptors (Lipinski definition) is 5. The summed E-state index contributed by atoms with van der Waals surface area (Å²) < 4.78 is 45.8. The van der Waals surface area contributed by atoms with Crippen LogP contribution in [0.25, 0.3) is 0 Å². The van der Waals surface area contributed by atoms with Gasteiger partial charge in [0, 0.05) is 15.2 Å². The maximum Gasteiger partial charge on any atom is 0.233 e. The van der Waals surface area contributed by atoms with Crippen molar-refractivity contribution in [2.24, 2.45) is 0 Å². The summed E-state index contributed by atoms with van der Waals surface area (Å²) in [5.41, 5.74) is -0.0451. The topological polar surface area (TPSA) is 92.1 Å². The zero-order chi connectivity index (χ0) is 14.0. The molecule has 18 heavy (non-hydrogen) atoms. The summed E-state index contributed by atoms with van der Waals surface area (Å²) in [6, 6.07) is 5.81. The Morgan fingerprint density at radius 3 is 2.33 bits per heavy atom. The average molecular weight is 373 g/mol. The van der Waals surface area contributed by atoms with Crippen molar-refractivity contribution in [2.75, 3.05) is 11.5 Å². The molecule has 0 saturated heterocycles. The minimum Gasteiger partial charge on any atom is -0.224 e. The van der Waals surface area contributed by atoms with Gasteiger partial charge < -0.3 is 0 Å². The zero-order valence-electron chi connectivity index (χ0n) is 8.80. The molecule has 0 aliphatic rings. The number of nitrogens with zero attached hydrogens (tertiary/aromatic N) is 1. The lowest BCUT2D eigenvalue weighted by Crippen LogP contribution is -2.15. The Kier molecular flexibility index (Phi) is 4.78. The lowest BCUT2D eigenvalue weighted by Gasteiger charge is -2.05. The van der Waals surface area contributed by atoms with Crippen molar-refractivity contribution in [3.05, 3.63) is 28.2 Å². The second kappa shape index (κ2) is 5.57. The van der Waals surface area contributed by atoms with E-state index in [-0.39, 0.29) is 10.5 Å². The van der Waals surface area contributed by atoms with Crippen LogP contribution in [0.15, 0.2) is 27.6 Å². The van der Waals surface area contributed by atoms with Gasteiger partial charge in [0.2, 0.25) is 9.05 Å². The Hall–Kier alpha value is -0.620. The first-order valence-electron chi connectivity index (χ1n) is 4.50. The van der Waals surface area contributed by atoms with Gasteiger partial charge in [-0.3, -0.25) is 0 Å². The van der Waals surface area contributed by atoms with E-state index in [1.165, 1.54) is 18.2 Å². The number of benzene rings is 1. The standard InChI is InChI=1S/C9H7BrClNO4S2/c10-8-1-2-9(7(5-8)6-12)17(13,14)3-4-18(11,15)16/h1-2,5H,3-4H2. The van der Waals surface area contributed by atoms with Crippen molar-refractivity contribution in [3.8, 4) is 6.07 Å². The van der Waals surface area contributed by atoms with E-state index >= 15 is 0 Å². The van der Waals surface area contributed by atoms with Crippen LogP contribution < -0.4 is 0 Å². The zero-order valence-corrected chi connectivity index (χ0v) is 12.8. The highest BCUT2D eigenvalue weighted by Crippen LogP contribution is 2.21. The van der Waals surface area contributed by atoms with Crippen molar-refractivity contribution in [1.29, 1.82) is 5.26 Å². The summed E-state index contributed by atoms with van der Waals surface area (Å²) in [6.45, 7) is 0. The van der Waals surface area contributed by atoms with Gasteiger partial charge in [0.15, 0.2) is 9.84 Å². The molecule has 1 aromatic carbocycles. The van der Waals surface area contributed by atoms with Crippen molar-refractivity contribution in [2.45, 2.75) is 4.90 Å². The van der Waals surface area contributed by atoms with E-state index in [4.69, 9.17) is 15.9 Å². The summed E-state index contributed by atoms with van der Waals surface area (Å²) in [7, 11) is -2.79. The molecule has 1 aromatic rings. The lowest BCUT2D eigenvalue weighted by atomic mass is 10.2. The van der Waals surface area contributed by atoms with Crippen LogP contribution in [0.3, 0.4) is 0 Å². The van der Waals surface area contributed by atoms with Crippen LogP contribution in [0, 0.1) is 11.3 Å². The molecule has 0 atom stereocenters. The number of hydrogen-bond donors (Lipinski definition) is 0. The second-order valence-corrected chi connectivity index (χ2v) is 9.20. The van der Waals surface area contributed by atoms with Crippen molar-refractivity contribution in [1.82, 2.24) is 0 Å². The highest BCUT2D eigenvalue weighted by molar-refractivity contribution is 9.10. The average Bonchev–Trinajstić information content (AvgIpc) is 2.25. The fourth-order valence-electron chi connectivity index (χ4n) is 1.18. The van der Waals surface area contributed by atoms with E-state index in [9.17, 15) is 16.8 Å². The predicted octanol–water partition coefficient (Wildman–Crippen LogP) is 1.66. The van der Waals surface area contributed by atoms with Gasteiger partial charge in [-0.1, -0.05) is 15.9 Å². The van der Waals surface area contributed by atoms with Gasteiger partial charge in [0.05, 0.1) is 22.0 Å². The van der Waals surface area contributed by atoms with E-state index < -0.39 is 30.4 Å². The van der Waals surface area contributed by atoms with Crippen LogP contribution in [-0.2, 0) is 18.9 Å². The molecule has 5 nitrogen and oxygen atoms in total. The Labute approximate surface area is 118 Å². The fraction of sp³-hybridized carbons (Fsp3) is 0.222. The first-order valence-corrected chi connectivity index (χ1v) is 9.43. The summed E-state index contributed by atoms with van der Waals surface area (Å²) in [5, 5.41) is 8.85. The van der Waals surface area contributed by atoms with Gasteiger partial charge in [-0.2, -0.15) is 5.26 Å². The van der Waals surface area contributed by atoms with Gasteiger partial charge in [0.1, 0.15) is 6.07 Å². The normalized spacial score (nSPS) is 12.1. The molecule has 0 radical (unpaired) electrons. The molecule has 0 N–H and O–H groups in total. The second-order valence-electron chi connectivity index (χ2n) is 3.31. The third-order valence-electron chi connectivity index (χ3n) is 1.99. The van der Waals surface area contributed by atoms with E-state index in [1.54, 1.807) is 6.07 Å². The van der Waals surface area contributed by atoms with E-state index in [0.717, 1.165) is 0 Å². The molecule has 9 heteroatoms. The van der Waals surface area contributed by atoms with Gasteiger partial charge >= 0.3 is 0 Å². The quantitative estimate of drug-likeness (QED) is 0.750. The Balaban J connectivity index is 3.18. The predicted molar refractivity (Wildman–Crippen MR) is 70.5 cm³/mol. The molecular weight excluding hydrogens is 366 g/mol. The first kappa shape index (κ1) is 15.4. The van der Waals surface area contributed by atoms with Crippen LogP contribution in [-0.4, -0.2) is 28.3 Å². The molecule has 0 saturated carbocycles. The molecule has 0 spiro atoms. The number of halogens is 2. The minimum atomic E-state index is -3.89. The number of nitriles is 1. The molecule has 98 valence electrons. The summed E-state index contributed by atoms with van der Waals surface area (Å²) >= 11 is 3.11. The van der Waals surface area contributed by atoms with Crippen LogP contribution in [0.2, 0.25) is 0 Å². The summed E-state index contributed by atoms with van der Waals surface area (Å²) in [5.74, 6) is -1.35. The van der Waals surface area contributed by atoms with Gasteiger partial charge in [-0.15, -0.1) is 0 Å². The first-order chi connectivity index (χ1) is 8.15. The van der Waals surface area contributed by atoms with E-state index in [0.29, 0.717) is 4.47 Å². The van der Waals surface area contributed by atoms with E-state index in [1.807, 2.05) is 0 Å². The van der Waals surface area contributed by atoms with E-state index in [2.05, 4.69) is 15.9 Å². The van der Waals surface area contributed by atoms with Gasteiger partial charge in [0.25, 0.3) is 0 Å². The molecule has 0 bridgehead atoms. The van der Waals surface area contributed by atoms with Crippen molar-refractivity contribution in [3.63, 3.8) is 0 Å². The summed E-state index contributed by atoms with van der Waals surface area (Å²) in [4.78, 5) is -0.200. The highest BCUT2D eigenvalue weighted by atomic mass is 79.9. The summed E-state index contributed by atoms with van der Waals surface area (Å²) in [6.07, 6.45) is 0. The third-order valence-corrected chi connectivity index (χ3v) is 5.67. The third kappa shape index (κ3) is 4.24. The van der Waals surface area contributed by atoms with Gasteiger partial charge in [-0.25, -0.2) is 16.8 Å². The SMILES string of the molecule is N#Cc1cc(Br)ccc1S(=O)(=O)CCS(=O)(=O)Cl. The van der Waals surface area contributed by atoms with Crippen molar-refractivity contribution < 1.29 is 16.8 Å². The fourth-order valence-corrected chi connectivity index (χ4v) is 4.72. The van der Waals surface area contributed by atoms with Crippen LogP contribution in [0.5, 0.6) is 0 Å². The van der Waals surface area contributed by atoms with Crippen molar-refractivity contribution >= 4 is 45.5 Å². The Bertz CT molecular complexity index is 707. The smallest absolute Gasteiger partial charge is 0.224 e. The molecule has 0 aliphatic carbocycles. The molecule has 0 unspecified atom stereocenters. The largest absolute Gasteiger partial charge is 0.233 e. The molecule has 0 amide bonds.